The van der Waals surface area contributed by atoms with Gasteiger partial charge in [0.1, 0.15) is 0 Å². The van der Waals surface area contributed by atoms with Gasteiger partial charge in [-0.2, -0.15) is 0 Å². The van der Waals surface area contributed by atoms with E-state index in [9.17, 15) is 0 Å². The van der Waals surface area contributed by atoms with Crippen molar-refractivity contribution in [2.75, 3.05) is 0 Å². The lowest BCUT2D eigenvalue weighted by atomic mass is 9.91. The first kappa shape index (κ1) is 68.0. The molecular weight excluding hydrogens is 1450 g/mol. The summed E-state index contributed by atoms with van der Waals surface area (Å²) in [4.78, 5) is 29.6. The number of benzene rings is 19. The maximum Gasteiger partial charge on any atom is 0.164 e. The van der Waals surface area contributed by atoms with E-state index in [4.69, 9.17) is 29.9 Å². The van der Waals surface area contributed by atoms with Gasteiger partial charge < -0.3 is 0 Å². The van der Waals surface area contributed by atoms with Crippen molar-refractivity contribution >= 4 is 128 Å². The van der Waals surface area contributed by atoms with Crippen LogP contribution in [0.5, 0.6) is 0 Å². The standard InChI is InChI=1S/C57H35N3S.C51H31N3S/c1-3-11-40(12-4-1)55-58-56(41-13-5-2-6-14-41)60-57(59-55)44-28-31-50-52-34-43(29-32-53(52)61-54(50)35-44)39-25-21-37(22-26-39)36-19-23-38(24-20-36)42-27-30-49-47-17-8-7-15-45(47)46-16-9-10-18-48(46)51(49)33-42;1-3-11-34(12-4-1)49-52-50(35-13-5-2-6-14-35)54-51(53-49)38-24-27-44-46-30-37(25-28-47(46)55-48(44)31-38)33-21-19-32(20-22-33)36-23-26-43-41-17-8-7-15-39(41)40-16-9-10-18-42(40)45(43)29-36/h1-35H;1-31H. The lowest BCUT2D eigenvalue weighted by Gasteiger charge is -2.12. The lowest BCUT2D eigenvalue weighted by Crippen LogP contribution is -1.99. The van der Waals surface area contributed by atoms with Gasteiger partial charge in [-0.15, -0.1) is 22.7 Å². The summed E-state index contributed by atoms with van der Waals surface area (Å²) in [5, 5.41) is 20.5. The van der Waals surface area contributed by atoms with Gasteiger partial charge in [0.25, 0.3) is 0 Å². The maximum atomic E-state index is 4.97. The Morgan fingerprint density at radius 2 is 0.302 bits per heavy atom. The number of aromatic nitrogens is 6. The average Bonchev–Trinajstić information content (AvgIpc) is 1.10. The molecule has 0 spiro atoms. The summed E-state index contributed by atoms with van der Waals surface area (Å²) in [6.07, 6.45) is 0. The van der Waals surface area contributed by atoms with Crippen LogP contribution in [0.1, 0.15) is 0 Å². The molecule has 0 bridgehead atoms. The Kier molecular flexibility index (Phi) is 16.9. The van der Waals surface area contributed by atoms with Crippen LogP contribution in [0.3, 0.4) is 0 Å². The Hall–Kier alpha value is -14.8. The first-order chi connectivity index (χ1) is 57.4. The monoisotopic (exact) mass is 1510 g/mol. The van der Waals surface area contributed by atoms with Crippen molar-refractivity contribution in [3.05, 3.63) is 400 Å². The molecule has 0 saturated carbocycles. The van der Waals surface area contributed by atoms with Crippen LogP contribution in [-0.4, -0.2) is 29.9 Å². The van der Waals surface area contributed by atoms with Gasteiger partial charge in [-0.1, -0.05) is 352 Å². The molecule has 540 valence electrons. The molecule has 116 heavy (non-hydrogen) atoms. The summed E-state index contributed by atoms with van der Waals surface area (Å²) in [6, 6.07) is 143. The van der Waals surface area contributed by atoms with Gasteiger partial charge in [-0.05, 0) is 169 Å². The van der Waals surface area contributed by atoms with Crippen LogP contribution in [0.2, 0.25) is 0 Å². The molecule has 0 aliphatic rings. The Morgan fingerprint density at radius 3 is 0.578 bits per heavy atom. The van der Waals surface area contributed by atoms with E-state index in [1.165, 1.54) is 161 Å². The largest absolute Gasteiger partial charge is 0.208 e. The zero-order valence-electron chi connectivity index (χ0n) is 62.6. The van der Waals surface area contributed by atoms with E-state index in [1.54, 1.807) is 22.7 Å². The topological polar surface area (TPSA) is 77.3 Å². The zero-order chi connectivity index (χ0) is 76.6. The van der Waals surface area contributed by atoms with Gasteiger partial charge in [0, 0.05) is 73.7 Å². The SMILES string of the molecule is c1ccc(-c2nc(-c3ccccc3)nc(-c3ccc4c(c3)sc3ccc(-c5ccc(-c6ccc(-c7ccc8c9ccccc9c9ccccc9c8c7)cc6)cc5)cc34)n2)cc1.c1ccc(-c2nc(-c3ccccc3)nc(-c3ccc4c(c3)sc3ccc(-c5ccc(-c6ccc7c8ccccc8c8ccccc8c7c6)cc5)cc34)n2)cc1. The molecular formula is C108H66N6S2. The molecule has 4 aromatic heterocycles. The minimum atomic E-state index is 0.664. The summed E-state index contributed by atoms with van der Waals surface area (Å²) in [5.74, 6) is 3.99. The summed E-state index contributed by atoms with van der Waals surface area (Å²) in [7, 11) is 0. The Labute approximate surface area is 677 Å². The Bertz CT molecular complexity index is 7600. The highest BCUT2D eigenvalue weighted by Crippen LogP contribution is 2.44. The third-order valence-electron chi connectivity index (χ3n) is 22.7. The number of fused-ring (bicyclic) bond motifs is 18. The molecule has 19 aromatic carbocycles. The predicted octanol–water partition coefficient (Wildman–Crippen LogP) is 29.7. The second-order valence-electron chi connectivity index (χ2n) is 29.6. The summed E-state index contributed by atoms with van der Waals surface area (Å²) in [6.45, 7) is 0. The van der Waals surface area contributed by atoms with E-state index in [1.807, 2.05) is 121 Å². The Balaban J connectivity index is 0.000000141. The summed E-state index contributed by atoms with van der Waals surface area (Å²) < 4.78 is 4.93. The summed E-state index contributed by atoms with van der Waals surface area (Å²) in [5.41, 5.74) is 17.9. The van der Waals surface area contributed by atoms with Gasteiger partial charge in [0.15, 0.2) is 34.9 Å². The third-order valence-corrected chi connectivity index (χ3v) is 24.9. The highest BCUT2D eigenvalue weighted by molar-refractivity contribution is 7.26. The van der Waals surface area contributed by atoms with E-state index in [0.717, 1.165) is 33.4 Å². The van der Waals surface area contributed by atoms with E-state index in [2.05, 4.69) is 279 Å². The van der Waals surface area contributed by atoms with Crippen LogP contribution >= 0.6 is 22.7 Å². The van der Waals surface area contributed by atoms with Crippen molar-refractivity contribution < 1.29 is 0 Å². The van der Waals surface area contributed by atoms with E-state index >= 15 is 0 Å². The van der Waals surface area contributed by atoms with Crippen LogP contribution < -0.4 is 0 Å². The molecule has 23 aromatic rings. The minimum absolute atomic E-state index is 0.664. The van der Waals surface area contributed by atoms with E-state index < -0.39 is 0 Å². The molecule has 0 fully saturated rings. The lowest BCUT2D eigenvalue weighted by molar-refractivity contribution is 1.07. The van der Waals surface area contributed by atoms with Crippen LogP contribution in [0.25, 0.3) is 229 Å². The number of hydrogen-bond donors (Lipinski definition) is 0. The molecule has 0 unspecified atom stereocenters. The maximum absolute atomic E-state index is 4.97. The highest BCUT2D eigenvalue weighted by Gasteiger charge is 2.20. The number of thiophene rings is 2. The second kappa shape index (κ2) is 28.7. The first-order valence-corrected chi connectivity index (χ1v) is 40.7. The van der Waals surface area contributed by atoms with E-state index in [-0.39, 0.29) is 0 Å². The minimum Gasteiger partial charge on any atom is -0.208 e. The van der Waals surface area contributed by atoms with Gasteiger partial charge in [-0.25, -0.2) is 29.9 Å². The molecule has 6 nitrogen and oxygen atoms in total. The van der Waals surface area contributed by atoms with Crippen LogP contribution in [0.4, 0.5) is 0 Å². The molecule has 0 aliphatic carbocycles. The second-order valence-corrected chi connectivity index (χ2v) is 31.7. The Morgan fingerprint density at radius 1 is 0.112 bits per heavy atom. The fraction of sp³-hybridized carbons (Fsp3) is 0. The molecule has 23 rings (SSSR count). The highest BCUT2D eigenvalue weighted by atomic mass is 32.1. The molecule has 0 aliphatic heterocycles. The van der Waals surface area contributed by atoms with Gasteiger partial charge >= 0.3 is 0 Å². The van der Waals surface area contributed by atoms with Crippen molar-refractivity contribution in [2.45, 2.75) is 0 Å². The number of nitrogens with zero attached hydrogens (tertiary/aromatic N) is 6. The summed E-state index contributed by atoms with van der Waals surface area (Å²) >= 11 is 3.61. The van der Waals surface area contributed by atoms with Gasteiger partial charge in [0.05, 0.1) is 0 Å². The molecule has 0 amide bonds. The fourth-order valence-electron chi connectivity index (χ4n) is 16.8. The van der Waals surface area contributed by atoms with Gasteiger partial charge in [0.2, 0.25) is 0 Å². The van der Waals surface area contributed by atoms with Crippen molar-refractivity contribution in [2.24, 2.45) is 0 Å². The van der Waals surface area contributed by atoms with Crippen LogP contribution in [0.15, 0.2) is 400 Å². The smallest absolute Gasteiger partial charge is 0.164 e. The van der Waals surface area contributed by atoms with Crippen LogP contribution in [-0.2, 0) is 0 Å². The molecule has 4 heterocycles. The zero-order valence-corrected chi connectivity index (χ0v) is 64.2. The number of hydrogen-bond acceptors (Lipinski definition) is 8. The van der Waals surface area contributed by atoms with Crippen molar-refractivity contribution in [3.8, 4) is 124 Å². The van der Waals surface area contributed by atoms with Crippen molar-refractivity contribution in [1.82, 2.24) is 29.9 Å². The number of rotatable bonds is 11. The third kappa shape index (κ3) is 12.4. The molecule has 0 atom stereocenters. The fourth-order valence-corrected chi connectivity index (χ4v) is 19.1. The van der Waals surface area contributed by atoms with Crippen molar-refractivity contribution in [1.29, 1.82) is 0 Å². The average molecular weight is 1510 g/mol. The van der Waals surface area contributed by atoms with E-state index in [0.29, 0.717) is 34.9 Å². The molecule has 0 radical (unpaired) electrons. The van der Waals surface area contributed by atoms with Crippen LogP contribution in [0, 0.1) is 0 Å². The first-order valence-electron chi connectivity index (χ1n) is 39.1. The predicted molar refractivity (Wildman–Crippen MR) is 490 cm³/mol. The quantitative estimate of drug-likeness (QED) is 0.120. The van der Waals surface area contributed by atoms with Crippen molar-refractivity contribution in [3.63, 3.8) is 0 Å². The molecule has 8 heteroatoms. The molecule has 0 N–H and O–H groups in total. The molecule has 0 saturated heterocycles. The van der Waals surface area contributed by atoms with Gasteiger partial charge in [-0.3, -0.25) is 0 Å². The normalized spacial score (nSPS) is 11.6.